The molecule has 1 aliphatic heterocycles. The van der Waals surface area contributed by atoms with Crippen molar-refractivity contribution < 1.29 is 19.0 Å². The van der Waals surface area contributed by atoms with E-state index in [1.54, 1.807) is 26.4 Å². The van der Waals surface area contributed by atoms with Crippen molar-refractivity contribution >= 4 is 5.91 Å². The first-order chi connectivity index (χ1) is 10.7. The third-order valence-corrected chi connectivity index (χ3v) is 3.95. The molecule has 0 saturated carbocycles. The van der Waals surface area contributed by atoms with Gasteiger partial charge >= 0.3 is 0 Å². The Balaban J connectivity index is 2.03. The molecular formula is C16H24N2O4. The molecule has 1 atom stereocenters. The third-order valence-electron chi connectivity index (χ3n) is 3.95. The zero-order chi connectivity index (χ0) is 15.9. The quantitative estimate of drug-likeness (QED) is 0.798. The van der Waals surface area contributed by atoms with Gasteiger partial charge in [-0.2, -0.15) is 0 Å². The molecule has 1 aromatic rings. The number of benzene rings is 1. The largest absolute Gasteiger partial charge is 0.496 e. The van der Waals surface area contributed by atoms with Gasteiger partial charge in [0.05, 0.1) is 26.9 Å². The molecule has 22 heavy (non-hydrogen) atoms. The van der Waals surface area contributed by atoms with Crippen LogP contribution in [-0.2, 0) is 0 Å². The Labute approximate surface area is 131 Å². The van der Waals surface area contributed by atoms with Crippen LogP contribution in [0.5, 0.6) is 17.2 Å². The fourth-order valence-corrected chi connectivity index (χ4v) is 2.65. The Morgan fingerprint density at radius 3 is 2.45 bits per heavy atom. The number of nitrogens with one attached hydrogen (secondary N) is 2. The van der Waals surface area contributed by atoms with Crippen molar-refractivity contribution in [1.82, 2.24) is 10.6 Å². The molecule has 2 N–H and O–H groups in total. The van der Waals surface area contributed by atoms with Gasteiger partial charge in [-0.05, 0) is 31.8 Å². The second-order valence-corrected chi connectivity index (χ2v) is 5.31. The molecule has 122 valence electrons. The monoisotopic (exact) mass is 308 g/mol. The van der Waals surface area contributed by atoms with E-state index in [9.17, 15) is 4.79 Å². The highest BCUT2D eigenvalue weighted by Crippen LogP contribution is 2.34. The molecule has 6 nitrogen and oxygen atoms in total. The van der Waals surface area contributed by atoms with Crippen molar-refractivity contribution in [2.75, 3.05) is 41.0 Å². The van der Waals surface area contributed by atoms with E-state index in [4.69, 9.17) is 14.2 Å². The van der Waals surface area contributed by atoms with Crippen molar-refractivity contribution in [2.24, 2.45) is 5.92 Å². The maximum Gasteiger partial charge on any atom is 0.255 e. The van der Waals surface area contributed by atoms with E-state index in [1.807, 2.05) is 0 Å². The number of rotatable bonds is 7. The van der Waals surface area contributed by atoms with Gasteiger partial charge in [0.25, 0.3) is 5.91 Å². The smallest absolute Gasteiger partial charge is 0.255 e. The van der Waals surface area contributed by atoms with E-state index in [0.717, 1.165) is 19.5 Å². The van der Waals surface area contributed by atoms with Crippen LogP contribution in [0.2, 0.25) is 0 Å². The summed E-state index contributed by atoms with van der Waals surface area (Å²) in [5.74, 6) is 2.00. The van der Waals surface area contributed by atoms with Gasteiger partial charge in [-0.1, -0.05) is 0 Å². The van der Waals surface area contributed by atoms with Crippen LogP contribution in [-0.4, -0.2) is 46.9 Å². The lowest BCUT2D eigenvalue weighted by Crippen LogP contribution is -2.27. The molecule has 1 amide bonds. The van der Waals surface area contributed by atoms with Gasteiger partial charge in [0.2, 0.25) is 0 Å². The number of hydrogen-bond acceptors (Lipinski definition) is 5. The maximum absolute atomic E-state index is 12.4. The summed E-state index contributed by atoms with van der Waals surface area (Å²) in [6.45, 7) is 2.76. The predicted octanol–water partition coefficient (Wildman–Crippen LogP) is 1.44. The highest BCUT2D eigenvalue weighted by atomic mass is 16.5. The standard InChI is InChI=1S/C16H24N2O4/c1-20-13-9-15(22-3)14(21-2)8-12(13)16(19)18-7-5-11-4-6-17-10-11/h8-9,11,17H,4-7,10H2,1-3H3,(H,18,19). The lowest BCUT2D eigenvalue weighted by Gasteiger charge is -2.14. The van der Waals surface area contributed by atoms with Crippen molar-refractivity contribution in [1.29, 1.82) is 0 Å². The van der Waals surface area contributed by atoms with Crippen molar-refractivity contribution in [3.63, 3.8) is 0 Å². The number of ether oxygens (including phenoxy) is 3. The number of amides is 1. The molecule has 1 aromatic carbocycles. The molecule has 1 aliphatic rings. The highest BCUT2D eigenvalue weighted by Gasteiger charge is 2.18. The van der Waals surface area contributed by atoms with Gasteiger partial charge in [-0.3, -0.25) is 4.79 Å². The molecule has 1 saturated heterocycles. The second kappa shape index (κ2) is 7.89. The number of carbonyl (C=O) groups excluding carboxylic acids is 1. The van der Waals surface area contributed by atoms with E-state index in [2.05, 4.69) is 10.6 Å². The minimum Gasteiger partial charge on any atom is -0.496 e. The van der Waals surface area contributed by atoms with E-state index in [-0.39, 0.29) is 5.91 Å². The van der Waals surface area contributed by atoms with Gasteiger partial charge in [0, 0.05) is 18.7 Å². The average molecular weight is 308 g/mol. The lowest BCUT2D eigenvalue weighted by molar-refractivity contribution is 0.0948. The Hall–Kier alpha value is -1.95. The lowest BCUT2D eigenvalue weighted by atomic mass is 10.1. The topological polar surface area (TPSA) is 68.8 Å². The van der Waals surface area contributed by atoms with Gasteiger partial charge in [0.1, 0.15) is 5.75 Å². The Morgan fingerprint density at radius 1 is 1.18 bits per heavy atom. The van der Waals surface area contributed by atoms with Crippen molar-refractivity contribution in [3.8, 4) is 17.2 Å². The Kier molecular flexibility index (Phi) is 5.89. The summed E-state index contributed by atoms with van der Waals surface area (Å²) in [4.78, 5) is 12.4. The molecular weight excluding hydrogens is 284 g/mol. The molecule has 0 spiro atoms. The van der Waals surface area contributed by atoms with Crippen LogP contribution < -0.4 is 24.8 Å². The molecule has 0 aliphatic carbocycles. The van der Waals surface area contributed by atoms with Crippen molar-refractivity contribution in [3.05, 3.63) is 17.7 Å². The fraction of sp³-hybridized carbons (Fsp3) is 0.562. The maximum atomic E-state index is 12.4. The van der Waals surface area contributed by atoms with Crippen LogP contribution in [0.3, 0.4) is 0 Å². The summed E-state index contributed by atoms with van der Waals surface area (Å²) in [5.41, 5.74) is 0.449. The normalized spacial score (nSPS) is 17.1. The first kappa shape index (κ1) is 16.4. The summed E-state index contributed by atoms with van der Waals surface area (Å²) in [7, 11) is 4.62. The first-order valence-corrected chi connectivity index (χ1v) is 7.48. The molecule has 1 heterocycles. The van der Waals surface area contributed by atoms with Gasteiger partial charge in [0.15, 0.2) is 11.5 Å². The van der Waals surface area contributed by atoms with E-state index >= 15 is 0 Å². The summed E-state index contributed by atoms with van der Waals surface area (Å²) < 4.78 is 15.7. The molecule has 2 rings (SSSR count). The van der Waals surface area contributed by atoms with E-state index in [0.29, 0.717) is 35.3 Å². The minimum atomic E-state index is -0.163. The SMILES string of the molecule is COc1cc(OC)c(C(=O)NCCC2CCNC2)cc1OC. The number of hydrogen-bond donors (Lipinski definition) is 2. The highest BCUT2D eigenvalue weighted by molar-refractivity contribution is 5.97. The fourth-order valence-electron chi connectivity index (χ4n) is 2.65. The summed E-state index contributed by atoms with van der Waals surface area (Å²) in [6, 6.07) is 3.30. The molecule has 1 fully saturated rings. The second-order valence-electron chi connectivity index (χ2n) is 5.31. The van der Waals surface area contributed by atoms with Crippen LogP contribution in [0.15, 0.2) is 12.1 Å². The molecule has 0 bridgehead atoms. The Bertz CT molecular complexity index is 513. The number of methoxy groups -OCH3 is 3. The van der Waals surface area contributed by atoms with E-state index in [1.165, 1.54) is 13.5 Å². The van der Waals surface area contributed by atoms with Gasteiger partial charge < -0.3 is 24.8 Å². The first-order valence-electron chi connectivity index (χ1n) is 7.48. The summed E-state index contributed by atoms with van der Waals surface area (Å²) >= 11 is 0. The van der Waals surface area contributed by atoms with Gasteiger partial charge in [-0.25, -0.2) is 0 Å². The predicted molar refractivity (Wildman–Crippen MR) is 84.0 cm³/mol. The molecule has 0 radical (unpaired) electrons. The Morgan fingerprint density at radius 2 is 1.86 bits per heavy atom. The third kappa shape index (κ3) is 3.82. The molecule has 1 unspecified atom stereocenters. The van der Waals surface area contributed by atoms with Crippen LogP contribution in [0, 0.1) is 5.92 Å². The van der Waals surface area contributed by atoms with Crippen LogP contribution in [0.4, 0.5) is 0 Å². The number of carbonyl (C=O) groups is 1. The zero-order valence-corrected chi connectivity index (χ0v) is 13.4. The van der Waals surface area contributed by atoms with Crippen LogP contribution in [0.25, 0.3) is 0 Å². The summed E-state index contributed by atoms with van der Waals surface area (Å²) in [5, 5.41) is 6.27. The molecule has 0 aromatic heterocycles. The minimum absolute atomic E-state index is 0.163. The molecule has 6 heteroatoms. The van der Waals surface area contributed by atoms with Crippen LogP contribution >= 0.6 is 0 Å². The van der Waals surface area contributed by atoms with Crippen LogP contribution in [0.1, 0.15) is 23.2 Å². The summed E-state index contributed by atoms with van der Waals surface area (Å²) in [6.07, 6.45) is 2.16. The zero-order valence-electron chi connectivity index (χ0n) is 13.4. The van der Waals surface area contributed by atoms with E-state index < -0.39 is 0 Å². The van der Waals surface area contributed by atoms with Gasteiger partial charge in [-0.15, -0.1) is 0 Å². The van der Waals surface area contributed by atoms with Crippen molar-refractivity contribution in [2.45, 2.75) is 12.8 Å². The average Bonchev–Trinajstić information content (AvgIpc) is 3.06.